The van der Waals surface area contributed by atoms with E-state index in [4.69, 9.17) is 4.98 Å². The number of aromatic amines is 1. The molecule has 2 aromatic heterocycles. The zero-order valence-electron chi connectivity index (χ0n) is 17.6. The maximum absolute atomic E-state index is 13.2. The molecular formula is C24H27N5O. The minimum atomic E-state index is -0.0454. The zero-order valence-corrected chi connectivity index (χ0v) is 17.6. The van der Waals surface area contributed by atoms with Crippen LogP contribution in [0, 0.1) is 13.8 Å². The van der Waals surface area contributed by atoms with E-state index in [9.17, 15) is 4.79 Å². The Balaban J connectivity index is 1.42. The summed E-state index contributed by atoms with van der Waals surface area (Å²) < 4.78 is 0. The van der Waals surface area contributed by atoms with Crippen molar-refractivity contribution >= 4 is 5.91 Å². The Kier molecular flexibility index (Phi) is 4.65. The first-order chi connectivity index (χ1) is 14.6. The van der Waals surface area contributed by atoms with Crippen molar-refractivity contribution in [1.29, 1.82) is 0 Å². The second-order valence-corrected chi connectivity index (χ2v) is 8.72. The number of nitrogens with zero attached hydrogens (tertiary/aromatic N) is 4. The van der Waals surface area contributed by atoms with Crippen LogP contribution in [0.2, 0.25) is 0 Å². The number of piperidine rings is 1. The van der Waals surface area contributed by atoms with Crippen LogP contribution in [-0.2, 0) is 23.1 Å². The Labute approximate surface area is 176 Å². The zero-order chi connectivity index (χ0) is 20.7. The molecule has 5 rings (SSSR count). The number of fused-ring (bicyclic) bond motifs is 2. The number of carbonyl (C=O) groups is 1. The molecule has 1 aliphatic heterocycles. The first-order valence-corrected chi connectivity index (χ1v) is 10.8. The third-order valence-corrected chi connectivity index (χ3v) is 6.81. The standard InChI is InChI=1S/C24H27N5O/c1-16-20(17(2)28-27-16)13-21(30)29-12-6-10-24(15-29)11-9-19-14-25-23(26-22(19)24)18-7-4-3-5-8-18/h3-5,7-8,14H,6,9-13,15H2,1-2H3,(H,27,28). The van der Waals surface area contributed by atoms with Gasteiger partial charge in [-0.05, 0) is 45.1 Å². The fourth-order valence-electron chi connectivity index (χ4n) is 5.11. The number of rotatable bonds is 3. The maximum Gasteiger partial charge on any atom is 0.227 e. The number of carbonyl (C=O) groups excluding carboxylic acids is 1. The lowest BCUT2D eigenvalue weighted by Crippen LogP contribution is -2.48. The lowest BCUT2D eigenvalue weighted by atomic mass is 9.77. The number of aryl methyl sites for hydroxylation is 3. The molecule has 0 bridgehead atoms. The van der Waals surface area contributed by atoms with Crippen molar-refractivity contribution in [3.8, 4) is 11.4 Å². The molecule has 1 atom stereocenters. The summed E-state index contributed by atoms with van der Waals surface area (Å²) in [4.78, 5) is 24.9. The molecule has 30 heavy (non-hydrogen) atoms. The van der Waals surface area contributed by atoms with Crippen LogP contribution in [0.15, 0.2) is 36.5 Å². The van der Waals surface area contributed by atoms with Crippen LogP contribution in [0.5, 0.6) is 0 Å². The molecule has 1 spiro atoms. The molecule has 2 aliphatic rings. The minimum Gasteiger partial charge on any atom is -0.341 e. The first kappa shape index (κ1) is 19.0. The molecule has 0 saturated carbocycles. The maximum atomic E-state index is 13.2. The van der Waals surface area contributed by atoms with Gasteiger partial charge in [-0.2, -0.15) is 5.10 Å². The Bertz CT molecular complexity index is 1070. The van der Waals surface area contributed by atoms with E-state index in [-0.39, 0.29) is 11.3 Å². The molecule has 0 radical (unpaired) electrons. The van der Waals surface area contributed by atoms with Gasteiger partial charge in [0.1, 0.15) is 0 Å². The molecule has 3 aromatic rings. The summed E-state index contributed by atoms with van der Waals surface area (Å²) in [6.45, 7) is 5.51. The van der Waals surface area contributed by atoms with E-state index in [2.05, 4.69) is 32.2 Å². The third-order valence-electron chi connectivity index (χ3n) is 6.81. The third kappa shape index (κ3) is 3.20. The van der Waals surface area contributed by atoms with Crippen LogP contribution in [0.25, 0.3) is 11.4 Å². The van der Waals surface area contributed by atoms with Crippen molar-refractivity contribution < 1.29 is 4.79 Å². The number of hydrogen-bond donors (Lipinski definition) is 1. The highest BCUT2D eigenvalue weighted by Gasteiger charge is 2.44. The van der Waals surface area contributed by atoms with Gasteiger partial charge < -0.3 is 4.90 Å². The van der Waals surface area contributed by atoms with Crippen molar-refractivity contribution in [2.45, 2.75) is 51.4 Å². The van der Waals surface area contributed by atoms with Crippen molar-refractivity contribution in [2.75, 3.05) is 13.1 Å². The summed E-state index contributed by atoms with van der Waals surface area (Å²) in [5.74, 6) is 0.969. The summed E-state index contributed by atoms with van der Waals surface area (Å²) >= 11 is 0. The van der Waals surface area contributed by atoms with Crippen LogP contribution in [0.4, 0.5) is 0 Å². The molecule has 154 valence electrons. The molecule has 1 fully saturated rings. The Morgan fingerprint density at radius 1 is 1.20 bits per heavy atom. The van der Waals surface area contributed by atoms with Crippen molar-refractivity contribution in [1.82, 2.24) is 25.1 Å². The van der Waals surface area contributed by atoms with Gasteiger partial charge in [-0.15, -0.1) is 0 Å². The molecule has 6 nitrogen and oxygen atoms in total. The average Bonchev–Trinajstić information content (AvgIpc) is 3.28. The Morgan fingerprint density at radius 2 is 2.03 bits per heavy atom. The van der Waals surface area contributed by atoms with Gasteiger partial charge in [0.15, 0.2) is 5.82 Å². The molecule has 1 unspecified atom stereocenters. The molecule has 1 aromatic carbocycles. The van der Waals surface area contributed by atoms with Crippen LogP contribution in [0.1, 0.15) is 47.5 Å². The Hall–Kier alpha value is -3.02. The van der Waals surface area contributed by atoms with E-state index in [1.54, 1.807) is 0 Å². The van der Waals surface area contributed by atoms with Gasteiger partial charge in [0, 0.05) is 41.5 Å². The van der Waals surface area contributed by atoms with Gasteiger partial charge in [0.05, 0.1) is 17.8 Å². The quantitative estimate of drug-likeness (QED) is 0.729. The van der Waals surface area contributed by atoms with Crippen LogP contribution in [0.3, 0.4) is 0 Å². The fourth-order valence-corrected chi connectivity index (χ4v) is 5.11. The van der Waals surface area contributed by atoms with Crippen molar-refractivity contribution in [3.63, 3.8) is 0 Å². The average molecular weight is 402 g/mol. The van der Waals surface area contributed by atoms with Crippen LogP contribution >= 0.6 is 0 Å². The highest BCUT2D eigenvalue weighted by Crippen LogP contribution is 2.44. The van der Waals surface area contributed by atoms with E-state index in [1.807, 2.05) is 38.2 Å². The topological polar surface area (TPSA) is 74.8 Å². The predicted molar refractivity (Wildman–Crippen MR) is 115 cm³/mol. The van der Waals surface area contributed by atoms with E-state index < -0.39 is 0 Å². The van der Waals surface area contributed by atoms with Gasteiger partial charge in [0.25, 0.3) is 0 Å². The number of nitrogens with one attached hydrogen (secondary N) is 1. The highest BCUT2D eigenvalue weighted by atomic mass is 16.2. The molecule has 1 amide bonds. The summed E-state index contributed by atoms with van der Waals surface area (Å²) in [6.07, 6.45) is 6.54. The van der Waals surface area contributed by atoms with Gasteiger partial charge in [-0.3, -0.25) is 9.89 Å². The molecular weight excluding hydrogens is 374 g/mol. The lowest BCUT2D eigenvalue weighted by molar-refractivity contribution is -0.132. The van der Waals surface area contributed by atoms with Crippen molar-refractivity contribution in [2.24, 2.45) is 0 Å². The second-order valence-electron chi connectivity index (χ2n) is 8.72. The molecule has 1 N–H and O–H groups in total. The second kappa shape index (κ2) is 7.35. The number of likely N-dealkylation sites (tertiary alicyclic amines) is 1. The number of hydrogen-bond acceptors (Lipinski definition) is 4. The molecule has 6 heteroatoms. The summed E-state index contributed by atoms with van der Waals surface area (Å²) in [5, 5.41) is 7.23. The normalized spacial score (nSPS) is 20.5. The van der Waals surface area contributed by atoms with Crippen molar-refractivity contribution in [3.05, 3.63) is 64.7 Å². The summed E-state index contributed by atoms with van der Waals surface area (Å²) in [7, 11) is 0. The smallest absolute Gasteiger partial charge is 0.227 e. The van der Waals surface area contributed by atoms with E-state index in [0.717, 1.165) is 72.8 Å². The Morgan fingerprint density at radius 3 is 2.80 bits per heavy atom. The monoisotopic (exact) mass is 401 g/mol. The van der Waals surface area contributed by atoms with Crippen LogP contribution in [-0.4, -0.2) is 44.1 Å². The largest absolute Gasteiger partial charge is 0.341 e. The summed E-state index contributed by atoms with van der Waals surface area (Å²) in [5.41, 5.74) is 6.32. The van der Waals surface area contributed by atoms with Gasteiger partial charge in [-0.25, -0.2) is 9.97 Å². The van der Waals surface area contributed by atoms with Gasteiger partial charge in [-0.1, -0.05) is 30.3 Å². The minimum absolute atomic E-state index is 0.0454. The molecule has 1 saturated heterocycles. The number of H-pyrrole nitrogens is 1. The predicted octanol–water partition coefficient (Wildman–Crippen LogP) is 3.53. The first-order valence-electron chi connectivity index (χ1n) is 10.8. The van der Waals surface area contributed by atoms with Crippen LogP contribution < -0.4 is 0 Å². The number of amides is 1. The van der Waals surface area contributed by atoms with E-state index in [0.29, 0.717) is 6.42 Å². The highest BCUT2D eigenvalue weighted by molar-refractivity contribution is 5.79. The molecule has 3 heterocycles. The number of aromatic nitrogens is 4. The SMILES string of the molecule is Cc1n[nH]c(C)c1CC(=O)N1CCCC2(CCc3cnc(-c4ccccc4)nc32)C1. The molecule has 1 aliphatic carbocycles. The number of benzene rings is 1. The van der Waals surface area contributed by atoms with E-state index >= 15 is 0 Å². The summed E-state index contributed by atoms with van der Waals surface area (Å²) in [6, 6.07) is 10.1. The van der Waals surface area contributed by atoms with Gasteiger partial charge in [0.2, 0.25) is 5.91 Å². The van der Waals surface area contributed by atoms with Gasteiger partial charge >= 0.3 is 0 Å². The lowest BCUT2D eigenvalue weighted by Gasteiger charge is -2.40. The fraction of sp³-hybridized carbons (Fsp3) is 0.417. The van der Waals surface area contributed by atoms with E-state index in [1.165, 1.54) is 5.56 Å².